The van der Waals surface area contributed by atoms with Crippen LogP contribution in [0, 0.1) is 0 Å². The Kier molecular flexibility index (Phi) is 4.88. The number of morpholine rings is 1. The highest BCUT2D eigenvalue weighted by Crippen LogP contribution is 2.34. The number of carbonyl (C=O) groups excluding carboxylic acids is 1. The van der Waals surface area contributed by atoms with E-state index in [2.05, 4.69) is 29.4 Å². The molecule has 0 aliphatic carbocycles. The van der Waals surface area contributed by atoms with Gasteiger partial charge in [-0.3, -0.25) is 4.90 Å². The molecule has 23 heavy (non-hydrogen) atoms. The lowest BCUT2D eigenvalue weighted by molar-refractivity contribution is -0.0672. The summed E-state index contributed by atoms with van der Waals surface area (Å²) in [6, 6.07) is 5.11. The average molecular weight is 321 g/mol. The van der Waals surface area contributed by atoms with Gasteiger partial charge in [-0.05, 0) is 26.0 Å². The van der Waals surface area contributed by atoms with Crippen molar-refractivity contribution >= 4 is 11.7 Å². The topological polar surface area (TPSA) is 72.1 Å². The second-order valence-electron chi connectivity index (χ2n) is 5.97. The third-order valence-corrected chi connectivity index (χ3v) is 3.84. The van der Waals surface area contributed by atoms with Gasteiger partial charge in [0.1, 0.15) is 0 Å². The minimum atomic E-state index is -0.224. The number of nitrogens with one attached hydrogen (secondary N) is 2. The molecule has 1 fully saturated rings. The number of anilines is 1. The molecule has 3 rings (SSSR count). The molecule has 0 saturated carbocycles. The first-order valence-corrected chi connectivity index (χ1v) is 7.92. The van der Waals surface area contributed by atoms with Crippen LogP contribution in [0.25, 0.3) is 0 Å². The van der Waals surface area contributed by atoms with Gasteiger partial charge in [0.25, 0.3) is 0 Å². The summed E-state index contributed by atoms with van der Waals surface area (Å²) in [6.07, 6.45) is 0.474. The van der Waals surface area contributed by atoms with Crippen molar-refractivity contribution in [2.75, 3.05) is 38.3 Å². The van der Waals surface area contributed by atoms with E-state index in [1.54, 1.807) is 18.2 Å². The van der Waals surface area contributed by atoms with E-state index in [9.17, 15) is 4.79 Å². The standard InChI is InChI=1S/C16H23N3O4/c1-11-8-19(9-12(2)23-11)6-5-17-16(20)18-13-3-4-14-15(7-13)22-10-21-14/h3-4,7,11-12H,5-6,8-10H2,1-2H3,(H2,17,18,20)/t11-,12-/m0/s1. The van der Waals surface area contributed by atoms with Crippen molar-refractivity contribution in [2.45, 2.75) is 26.1 Å². The van der Waals surface area contributed by atoms with Gasteiger partial charge in [0.05, 0.1) is 12.2 Å². The summed E-state index contributed by atoms with van der Waals surface area (Å²) in [4.78, 5) is 14.3. The fraction of sp³-hybridized carbons (Fsp3) is 0.562. The predicted molar refractivity (Wildman–Crippen MR) is 86.0 cm³/mol. The van der Waals surface area contributed by atoms with Gasteiger partial charge in [-0.1, -0.05) is 0 Å². The smallest absolute Gasteiger partial charge is 0.319 e. The number of rotatable bonds is 4. The molecule has 2 atom stereocenters. The summed E-state index contributed by atoms with van der Waals surface area (Å²) in [7, 11) is 0. The minimum Gasteiger partial charge on any atom is -0.454 e. The Morgan fingerprint density at radius 1 is 1.22 bits per heavy atom. The van der Waals surface area contributed by atoms with Crippen molar-refractivity contribution in [3.05, 3.63) is 18.2 Å². The Balaban J connectivity index is 1.41. The highest BCUT2D eigenvalue weighted by molar-refractivity contribution is 5.89. The Morgan fingerprint density at radius 3 is 2.74 bits per heavy atom. The number of carbonyl (C=O) groups is 1. The minimum absolute atomic E-state index is 0.224. The van der Waals surface area contributed by atoms with E-state index in [0.29, 0.717) is 23.7 Å². The molecule has 2 heterocycles. The molecule has 1 aromatic rings. The Bertz CT molecular complexity index is 556. The van der Waals surface area contributed by atoms with Crippen LogP contribution in [-0.2, 0) is 4.74 Å². The fourth-order valence-corrected chi connectivity index (χ4v) is 2.94. The monoisotopic (exact) mass is 321 g/mol. The summed E-state index contributed by atoms with van der Waals surface area (Å²) in [5, 5.41) is 5.67. The maximum Gasteiger partial charge on any atom is 0.319 e. The van der Waals surface area contributed by atoms with E-state index in [0.717, 1.165) is 19.6 Å². The predicted octanol–water partition coefficient (Wildman–Crippen LogP) is 1.65. The molecule has 0 spiro atoms. The van der Waals surface area contributed by atoms with Crippen molar-refractivity contribution in [2.24, 2.45) is 0 Å². The van der Waals surface area contributed by atoms with Crippen molar-refractivity contribution in [3.8, 4) is 11.5 Å². The van der Waals surface area contributed by atoms with Crippen molar-refractivity contribution in [3.63, 3.8) is 0 Å². The lowest BCUT2D eigenvalue weighted by Crippen LogP contribution is -2.48. The van der Waals surface area contributed by atoms with Crippen LogP contribution in [0.1, 0.15) is 13.8 Å². The number of hydrogen-bond acceptors (Lipinski definition) is 5. The summed E-state index contributed by atoms with van der Waals surface area (Å²) in [6.45, 7) is 7.57. The Hall–Kier alpha value is -1.99. The largest absolute Gasteiger partial charge is 0.454 e. The molecule has 2 amide bonds. The average Bonchev–Trinajstić information content (AvgIpc) is 2.93. The second-order valence-corrected chi connectivity index (χ2v) is 5.97. The Labute approximate surface area is 135 Å². The molecular weight excluding hydrogens is 298 g/mol. The molecule has 2 aliphatic rings. The zero-order valence-corrected chi connectivity index (χ0v) is 13.5. The normalized spacial score (nSPS) is 23.6. The number of hydrogen-bond donors (Lipinski definition) is 2. The maximum atomic E-state index is 11.9. The molecule has 126 valence electrons. The lowest BCUT2D eigenvalue weighted by Gasteiger charge is -2.35. The molecule has 0 aromatic heterocycles. The van der Waals surface area contributed by atoms with Gasteiger partial charge in [0, 0.05) is 37.9 Å². The van der Waals surface area contributed by atoms with Gasteiger partial charge in [0.2, 0.25) is 6.79 Å². The quantitative estimate of drug-likeness (QED) is 0.882. The third kappa shape index (κ3) is 4.27. The zero-order chi connectivity index (χ0) is 16.2. The van der Waals surface area contributed by atoms with Crippen LogP contribution >= 0.6 is 0 Å². The van der Waals surface area contributed by atoms with Gasteiger partial charge in [0.15, 0.2) is 11.5 Å². The number of nitrogens with zero attached hydrogens (tertiary/aromatic N) is 1. The summed E-state index contributed by atoms with van der Waals surface area (Å²) >= 11 is 0. The first kappa shape index (κ1) is 15.9. The molecule has 0 bridgehead atoms. The number of ether oxygens (including phenoxy) is 3. The number of fused-ring (bicyclic) bond motifs is 1. The molecule has 7 nitrogen and oxygen atoms in total. The van der Waals surface area contributed by atoms with Gasteiger partial charge in [-0.2, -0.15) is 0 Å². The molecule has 1 aromatic carbocycles. The molecule has 0 unspecified atom stereocenters. The van der Waals surface area contributed by atoms with Crippen molar-refractivity contribution in [1.29, 1.82) is 0 Å². The van der Waals surface area contributed by atoms with Crippen LogP contribution in [0.4, 0.5) is 10.5 Å². The summed E-state index contributed by atoms with van der Waals surface area (Å²) < 4.78 is 16.2. The van der Waals surface area contributed by atoms with E-state index in [4.69, 9.17) is 14.2 Å². The van der Waals surface area contributed by atoms with E-state index in [-0.39, 0.29) is 25.0 Å². The van der Waals surface area contributed by atoms with E-state index in [1.807, 2.05) is 0 Å². The van der Waals surface area contributed by atoms with Gasteiger partial charge >= 0.3 is 6.03 Å². The number of amides is 2. The summed E-state index contributed by atoms with van der Waals surface area (Å²) in [5.41, 5.74) is 0.681. The second kappa shape index (κ2) is 7.06. The third-order valence-electron chi connectivity index (χ3n) is 3.84. The highest BCUT2D eigenvalue weighted by Gasteiger charge is 2.21. The van der Waals surface area contributed by atoms with Crippen LogP contribution in [0.15, 0.2) is 18.2 Å². The lowest BCUT2D eigenvalue weighted by atomic mass is 10.2. The molecule has 1 saturated heterocycles. The van der Waals surface area contributed by atoms with Crippen LogP contribution in [0.5, 0.6) is 11.5 Å². The first-order valence-electron chi connectivity index (χ1n) is 7.92. The molecule has 7 heteroatoms. The summed E-state index contributed by atoms with van der Waals surface area (Å²) in [5.74, 6) is 1.35. The van der Waals surface area contributed by atoms with Crippen LogP contribution < -0.4 is 20.1 Å². The molecule has 2 N–H and O–H groups in total. The van der Waals surface area contributed by atoms with E-state index < -0.39 is 0 Å². The molecule has 0 radical (unpaired) electrons. The van der Waals surface area contributed by atoms with Gasteiger partial charge in [-0.25, -0.2) is 4.79 Å². The fourth-order valence-electron chi connectivity index (χ4n) is 2.94. The van der Waals surface area contributed by atoms with Gasteiger partial charge in [-0.15, -0.1) is 0 Å². The maximum absolute atomic E-state index is 11.9. The van der Waals surface area contributed by atoms with Crippen LogP contribution in [-0.4, -0.2) is 56.1 Å². The van der Waals surface area contributed by atoms with Crippen LogP contribution in [0.2, 0.25) is 0 Å². The molecule has 2 aliphatic heterocycles. The SMILES string of the molecule is C[C@H]1CN(CCNC(=O)Nc2ccc3c(c2)OCO3)C[C@H](C)O1. The van der Waals surface area contributed by atoms with Crippen molar-refractivity contribution in [1.82, 2.24) is 10.2 Å². The Morgan fingerprint density at radius 2 is 1.96 bits per heavy atom. The number of urea groups is 1. The number of benzene rings is 1. The molecular formula is C16H23N3O4. The van der Waals surface area contributed by atoms with Crippen molar-refractivity contribution < 1.29 is 19.0 Å². The highest BCUT2D eigenvalue weighted by atomic mass is 16.7. The first-order chi connectivity index (χ1) is 11.1. The van der Waals surface area contributed by atoms with Gasteiger partial charge < -0.3 is 24.8 Å². The zero-order valence-electron chi connectivity index (χ0n) is 13.5. The van der Waals surface area contributed by atoms with E-state index >= 15 is 0 Å². The van der Waals surface area contributed by atoms with Crippen LogP contribution in [0.3, 0.4) is 0 Å². The van der Waals surface area contributed by atoms with E-state index in [1.165, 1.54) is 0 Å².